The molecule has 0 aliphatic carbocycles. The largest absolute Gasteiger partial charge is 0.484 e. The van der Waals surface area contributed by atoms with Crippen LogP contribution in [0.3, 0.4) is 0 Å². The topological polar surface area (TPSA) is 92.0 Å². The van der Waals surface area contributed by atoms with E-state index in [2.05, 4.69) is 21.7 Å². The summed E-state index contributed by atoms with van der Waals surface area (Å²) in [5.41, 5.74) is 5.68. The zero-order chi connectivity index (χ0) is 19.8. The van der Waals surface area contributed by atoms with E-state index in [0.717, 1.165) is 16.8 Å². The number of aromatic nitrogens is 2. The summed E-state index contributed by atoms with van der Waals surface area (Å²) in [4.78, 5) is 17.7. The van der Waals surface area contributed by atoms with E-state index >= 15 is 0 Å². The summed E-state index contributed by atoms with van der Waals surface area (Å²) in [6.07, 6.45) is 1.83. The molecule has 1 aromatic heterocycles. The summed E-state index contributed by atoms with van der Waals surface area (Å²) >= 11 is 0. The van der Waals surface area contributed by atoms with Gasteiger partial charge in [0.1, 0.15) is 5.75 Å². The predicted molar refractivity (Wildman–Crippen MR) is 102 cm³/mol. The Morgan fingerprint density at radius 1 is 1.29 bits per heavy atom. The van der Waals surface area contributed by atoms with Crippen molar-refractivity contribution in [3.63, 3.8) is 0 Å². The number of hydrazine groups is 1. The number of benzene rings is 1. The number of ether oxygens (including phenoxy) is 2. The van der Waals surface area contributed by atoms with Crippen LogP contribution in [0.4, 0.5) is 0 Å². The molecular formula is C19H26N5O4. The Morgan fingerprint density at radius 3 is 2.82 bits per heavy atom. The second kappa shape index (κ2) is 10.2. The zero-order valence-corrected chi connectivity index (χ0v) is 16.2. The van der Waals surface area contributed by atoms with Crippen molar-refractivity contribution in [2.75, 3.05) is 53.1 Å². The lowest BCUT2D eigenvalue weighted by molar-refractivity contribution is -0.188. The number of rotatable bonds is 9. The van der Waals surface area contributed by atoms with Gasteiger partial charge in [0.2, 0.25) is 0 Å². The third-order valence-electron chi connectivity index (χ3n) is 4.36. The number of nitrogens with zero attached hydrogens (tertiary/aromatic N) is 3. The number of aryl methyl sites for hydroxylation is 1. The van der Waals surface area contributed by atoms with E-state index in [-0.39, 0.29) is 12.5 Å². The lowest BCUT2D eigenvalue weighted by atomic mass is 10.1. The van der Waals surface area contributed by atoms with Crippen LogP contribution < -0.4 is 10.2 Å². The minimum absolute atomic E-state index is 0.0633. The number of H-pyrrole nitrogens is 1. The van der Waals surface area contributed by atoms with E-state index in [0.29, 0.717) is 45.1 Å². The lowest BCUT2D eigenvalue weighted by Crippen LogP contribution is -2.54. The number of aromatic amines is 1. The average Bonchev–Trinajstić information content (AvgIpc) is 3.14. The molecule has 1 radical (unpaired) electrons. The van der Waals surface area contributed by atoms with Gasteiger partial charge in [0.05, 0.1) is 18.9 Å². The lowest BCUT2D eigenvalue weighted by Gasteiger charge is -2.33. The molecular weight excluding hydrogens is 362 g/mol. The van der Waals surface area contributed by atoms with Crippen LogP contribution in [0, 0.1) is 13.0 Å². The third-order valence-corrected chi connectivity index (χ3v) is 4.36. The molecule has 2 aromatic rings. The standard InChI is InChI=1S/C19H26N5O4/c1-15-18(13-20-21-15)16-4-3-5-17(12-16)27-14-19(25)22-23-6-8-24(9-7-23)28-11-10-26-2/h4-5,12-13H,6-11,14H2,1-2H3,(H,20,21)(H,22,25). The molecule has 1 amide bonds. The monoisotopic (exact) mass is 388 g/mol. The van der Waals surface area contributed by atoms with Crippen LogP contribution in [0.2, 0.25) is 0 Å². The van der Waals surface area contributed by atoms with Crippen molar-refractivity contribution in [3.8, 4) is 16.9 Å². The molecule has 2 heterocycles. The van der Waals surface area contributed by atoms with Gasteiger partial charge < -0.3 is 9.47 Å². The van der Waals surface area contributed by atoms with E-state index in [4.69, 9.17) is 14.3 Å². The number of nitrogens with one attached hydrogen (secondary N) is 2. The number of piperazine rings is 1. The van der Waals surface area contributed by atoms with Crippen molar-refractivity contribution in [1.82, 2.24) is 25.7 Å². The van der Waals surface area contributed by atoms with Gasteiger partial charge in [-0.2, -0.15) is 10.2 Å². The Kier molecular flexibility index (Phi) is 7.38. The first-order chi connectivity index (χ1) is 13.7. The van der Waals surface area contributed by atoms with Gasteiger partial charge in [-0.1, -0.05) is 0 Å². The minimum Gasteiger partial charge on any atom is -0.484 e. The summed E-state index contributed by atoms with van der Waals surface area (Å²) in [5, 5.41) is 10.7. The molecule has 1 aliphatic rings. The zero-order valence-electron chi connectivity index (χ0n) is 16.2. The van der Waals surface area contributed by atoms with Crippen molar-refractivity contribution in [1.29, 1.82) is 0 Å². The van der Waals surface area contributed by atoms with Gasteiger partial charge in [-0.05, 0) is 36.8 Å². The van der Waals surface area contributed by atoms with E-state index in [1.165, 1.54) is 0 Å². The maximum absolute atomic E-state index is 12.2. The Bertz CT molecular complexity index is 758. The van der Waals surface area contributed by atoms with Crippen molar-refractivity contribution in [2.45, 2.75) is 6.92 Å². The quantitative estimate of drug-likeness (QED) is 0.614. The number of carbonyl (C=O) groups is 1. The predicted octanol–water partition coefficient (Wildman–Crippen LogP) is 0.791. The van der Waals surface area contributed by atoms with Gasteiger partial charge in [-0.3, -0.25) is 20.2 Å². The highest BCUT2D eigenvalue weighted by Gasteiger charge is 2.19. The minimum atomic E-state index is -0.196. The van der Waals surface area contributed by atoms with Crippen LogP contribution in [-0.4, -0.2) is 79.3 Å². The molecule has 28 heavy (non-hydrogen) atoms. The first-order valence-electron chi connectivity index (χ1n) is 9.21. The fourth-order valence-electron chi connectivity index (χ4n) is 2.88. The molecule has 0 unspecified atom stereocenters. The van der Waals surface area contributed by atoms with Crippen LogP contribution in [0.25, 0.3) is 11.1 Å². The number of carbonyl (C=O) groups excluding carboxylic acids is 1. The first kappa shape index (κ1) is 20.3. The van der Waals surface area contributed by atoms with Gasteiger partial charge >= 0.3 is 0 Å². The Morgan fingerprint density at radius 2 is 2.11 bits per heavy atom. The number of amides is 1. The first-order valence-corrected chi connectivity index (χ1v) is 9.21. The Hall–Kier alpha value is -2.46. The molecule has 0 saturated carbocycles. The summed E-state index contributed by atoms with van der Waals surface area (Å²) in [5.74, 6) is 0.392. The van der Waals surface area contributed by atoms with E-state index < -0.39 is 0 Å². The molecule has 1 saturated heterocycles. The van der Waals surface area contributed by atoms with Crippen molar-refractivity contribution in [3.05, 3.63) is 36.2 Å². The summed E-state index contributed by atoms with van der Waals surface area (Å²) in [6, 6.07) is 8.48. The van der Waals surface area contributed by atoms with Gasteiger partial charge in [-0.15, -0.1) is 0 Å². The molecule has 0 atom stereocenters. The van der Waals surface area contributed by atoms with E-state index in [9.17, 15) is 4.79 Å². The van der Waals surface area contributed by atoms with Crippen molar-refractivity contribution in [2.24, 2.45) is 0 Å². The molecule has 1 aromatic carbocycles. The molecule has 151 valence electrons. The molecule has 3 rings (SSSR count). The van der Waals surface area contributed by atoms with E-state index in [1.807, 2.05) is 35.3 Å². The van der Waals surface area contributed by atoms with Crippen molar-refractivity contribution < 1.29 is 19.1 Å². The van der Waals surface area contributed by atoms with Crippen LogP contribution >= 0.6 is 0 Å². The van der Waals surface area contributed by atoms with Crippen LogP contribution in [0.15, 0.2) is 24.4 Å². The highest BCUT2D eigenvalue weighted by atomic mass is 16.7. The molecule has 0 spiro atoms. The fraction of sp³-hybridized carbons (Fsp3) is 0.474. The van der Waals surface area contributed by atoms with Gasteiger partial charge in [0, 0.05) is 45.0 Å². The summed E-state index contributed by atoms with van der Waals surface area (Å²) in [7, 11) is 1.64. The Balaban J connectivity index is 1.41. The summed E-state index contributed by atoms with van der Waals surface area (Å²) in [6.45, 7) is 5.75. The molecule has 0 bridgehead atoms. The fourth-order valence-corrected chi connectivity index (χ4v) is 2.88. The number of hydroxylamine groups is 2. The van der Waals surface area contributed by atoms with Gasteiger partial charge in [0.15, 0.2) is 6.61 Å². The number of hydrogen-bond acceptors (Lipinski definition) is 7. The summed E-state index contributed by atoms with van der Waals surface area (Å²) < 4.78 is 10.6. The maximum Gasteiger partial charge on any atom is 0.272 e. The smallest absolute Gasteiger partial charge is 0.272 e. The van der Waals surface area contributed by atoms with Crippen LogP contribution in [-0.2, 0) is 14.4 Å². The normalized spacial score (nSPS) is 15.5. The molecule has 9 nitrogen and oxygen atoms in total. The van der Waals surface area contributed by atoms with Gasteiger partial charge in [-0.25, -0.2) is 5.01 Å². The molecule has 1 aliphatic heterocycles. The third kappa shape index (κ3) is 5.77. The second-order valence-corrected chi connectivity index (χ2v) is 6.41. The maximum atomic E-state index is 12.2. The number of hydrogen-bond donors (Lipinski definition) is 2. The number of methoxy groups -OCH3 is 1. The van der Waals surface area contributed by atoms with Crippen molar-refractivity contribution >= 4 is 5.91 Å². The molecule has 2 N–H and O–H groups in total. The molecule has 1 fully saturated rings. The van der Waals surface area contributed by atoms with Gasteiger partial charge in [0.25, 0.3) is 5.91 Å². The highest BCUT2D eigenvalue weighted by molar-refractivity contribution is 5.77. The van der Waals surface area contributed by atoms with Crippen LogP contribution in [0.1, 0.15) is 5.69 Å². The highest BCUT2D eigenvalue weighted by Crippen LogP contribution is 2.25. The second-order valence-electron chi connectivity index (χ2n) is 6.41. The SMILES string of the molecule is COCCON1CCN(NC(=O)COc2c[c]cc(-c3c[nH]nc3C)c2)CC1. The molecule has 9 heteroatoms. The average molecular weight is 388 g/mol. The van der Waals surface area contributed by atoms with Crippen LogP contribution in [0.5, 0.6) is 5.75 Å². The Labute approximate surface area is 164 Å². The van der Waals surface area contributed by atoms with E-state index in [1.54, 1.807) is 13.2 Å².